The number of aromatic nitrogens is 1. The molecule has 4 heteroatoms. The molecule has 2 aromatic rings. The predicted molar refractivity (Wildman–Crippen MR) is 80.3 cm³/mol. The van der Waals surface area contributed by atoms with Crippen molar-refractivity contribution >= 4 is 15.9 Å². The first-order valence-electron chi connectivity index (χ1n) is 6.28. The largest absolute Gasteiger partial charge is 0.492 e. The summed E-state index contributed by atoms with van der Waals surface area (Å²) in [6.45, 7) is 3.51. The molecule has 1 heterocycles. The van der Waals surface area contributed by atoms with Crippen LogP contribution in [-0.2, 0) is 0 Å². The maximum absolute atomic E-state index is 5.66. The Morgan fingerprint density at radius 2 is 2.16 bits per heavy atom. The molecule has 0 aliphatic rings. The molecule has 0 amide bonds. The van der Waals surface area contributed by atoms with E-state index in [1.807, 2.05) is 48.7 Å². The molecule has 2 rings (SSSR count). The molecule has 0 saturated carbocycles. The third-order valence-corrected chi connectivity index (χ3v) is 3.24. The molecule has 1 aromatic carbocycles. The Balaban J connectivity index is 1.72. The van der Waals surface area contributed by atoms with Gasteiger partial charge in [0.15, 0.2) is 0 Å². The third-order valence-electron chi connectivity index (χ3n) is 2.75. The van der Waals surface area contributed by atoms with Crippen LogP contribution < -0.4 is 10.1 Å². The van der Waals surface area contributed by atoms with E-state index >= 15 is 0 Å². The lowest BCUT2D eigenvalue weighted by molar-refractivity contribution is 0.307. The van der Waals surface area contributed by atoms with E-state index in [0.29, 0.717) is 6.61 Å². The van der Waals surface area contributed by atoms with Crippen molar-refractivity contribution in [2.75, 3.05) is 13.2 Å². The van der Waals surface area contributed by atoms with Crippen LogP contribution in [-0.4, -0.2) is 18.1 Å². The molecule has 3 nitrogen and oxygen atoms in total. The van der Waals surface area contributed by atoms with Crippen LogP contribution in [0.1, 0.15) is 18.7 Å². The van der Waals surface area contributed by atoms with Gasteiger partial charge in [-0.1, -0.05) is 28.1 Å². The van der Waals surface area contributed by atoms with Crippen molar-refractivity contribution in [2.45, 2.75) is 13.0 Å². The van der Waals surface area contributed by atoms with Crippen LogP contribution in [0.3, 0.4) is 0 Å². The molecule has 1 N–H and O–H groups in total. The van der Waals surface area contributed by atoms with Crippen LogP contribution >= 0.6 is 15.9 Å². The number of benzene rings is 1. The van der Waals surface area contributed by atoms with E-state index in [1.54, 1.807) is 0 Å². The van der Waals surface area contributed by atoms with Crippen LogP contribution in [0.2, 0.25) is 0 Å². The van der Waals surface area contributed by atoms with Gasteiger partial charge in [0.05, 0.1) is 5.69 Å². The number of nitrogens with zero attached hydrogens (tertiary/aromatic N) is 1. The van der Waals surface area contributed by atoms with Gasteiger partial charge in [-0.2, -0.15) is 0 Å². The summed E-state index contributed by atoms with van der Waals surface area (Å²) in [5.74, 6) is 0.877. The number of rotatable bonds is 6. The summed E-state index contributed by atoms with van der Waals surface area (Å²) in [6.07, 6.45) is 1.81. The number of halogens is 1. The molecule has 19 heavy (non-hydrogen) atoms. The lowest BCUT2D eigenvalue weighted by atomic mass is 10.2. The molecule has 0 fully saturated rings. The Labute approximate surface area is 122 Å². The highest BCUT2D eigenvalue weighted by Gasteiger charge is 2.04. The summed E-state index contributed by atoms with van der Waals surface area (Å²) in [4.78, 5) is 4.32. The molecule has 0 aliphatic carbocycles. The summed E-state index contributed by atoms with van der Waals surface area (Å²) in [7, 11) is 0. The van der Waals surface area contributed by atoms with Crippen LogP contribution in [0, 0.1) is 0 Å². The first-order valence-corrected chi connectivity index (χ1v) is 7.07. The highest BCUT2D eigenvalue weighted by Crippen LogP contribution is 2.17. The van der Waals surface area contributed by atoms with Gasteiger partial charge in [-0.05, 0) is 37.3 Å². The van der Waals surface area contributed by atoms with Gasteiger partial charge in [0.25, 0.3) is 0 Å². The van der Waals surface area contributed by atoms with E-state index < -0.39 is 0 Å². The lowest BCUT2D eigenvalue weighted by Gasteiger charge is -2.13. The van der Waals surface area contributed by atoms with Crippen LogP contribution in [0.5, 0.6) is 5.75 Å². The normalized spacial score (nSPS) is 12.1. The Morgan fingerprint density at radius 3 is 2.89 bits per heavy atom. The van der Waals surface area contributed by atoms with Crippen LogP contribution in [0.15, 0.2) is 53.1 Å². The zero-order valence-electron chi connectivity index (χ0n) is 10.8. The fourth-order valence-corrected chi connectivity index (χ4v) is 2.12. The highest BCUT2D eigenvalue weighted by molar-refractivity contribution is 9.10. The second-order valence-corrected chi connectivity index (χ2v) is 5.15. The Bertz CT molecular complexity index is 505. The second kappa shape index (κ2) is 7.26. The molecule has 1 unspecified atom stereocenters. The van der Waals surface area contributed by atoms with E-state index in [2.05, 4.69) is 33.2 Å². The lowest BCUT2D eigenvalue weighted by Crippen LogP contribution is -2.24. The molecule has 0 spiro atoms. The van der Waals surface area contributed by atoms with Gasteiger partial charge < -0.3 is 10.1 Å². The summed E-state index contributed by atoms with van der Waals surface area (Å²) >= 11 is 3.42. The van der Waals surface area contributed by atoms with E-state index in [4.69, 9.17) is 4.74 Å². The quantitative estimate of drug-likeness (QED) is 0.826. The zero-order valence-corrected chi connectivity index (χ0v) is 12.4. The Hall–Kier alpha value is -1.39. The van der Waals surface area contributed by atoms with Crippen molar-refractivity contribution in [2.24, 2.45) is 0 Å². The smallest absolute Gasteiger partial charge is 0.120 e. The van der Waals surface area contributed by atoms with Crippen molar-refractivity contribution < 1.29 is 4.74 Å². The molecular formula is C15H17BrN2O. The molecule has 0 bridgehead atoms. The monoisotopic (exact) mass is 320 g/mol. The van der Waals surface area contributed by atoms with Crippen LogP contribution in [0.25, 0.3) is 0 Å². The highest BCUT2D eigenvalue weighted by atomic mass is 79.9. The first kappa shape index (κ1) is 14.0. The maximum atomic E-state index is 5.66. The average molecular weight is 321 g/mol. The van der Waals surface area contributed by atoms with Gasteiger partial charge in [0, 0.05) is 23.3 Å². The number of pyridine rings is 1. The zero-order chi connectivity index (χ0) is 13.5. The molecule has 0 radical (unpaired) electrons. The topological polar surface area (TPSA) is 34.1 Å². The van der Waals surface area contributed by atoms with Crippen LogP contribution in [0.4, 0.5) is 0 Å². The molecule has 0 aliphatic heterocycles. The molecule has 1 aromatic heterocycles. The minimum atomic E-state index is 0.229. The van der Waals surface area contributed by atoms with Crippen molar-refractivity contribution in [1.82, 2.24) is 10.3 Å². The SMILES string of the molecule is CC(NCCOc1cccc(Br)c1)c1ccccn1. The fraction of sp³-hybridized carbons (Fsp3) is 0.267. The average Bonchev–Trinajstić information content (AvgIpc) is 2.44. The summed E-state index contributed by atoms with van der Waals surface area (Å²) in [5, 5.41) is 3.38. The molecule has 1 atom stereocenters. The minimum absolute atomic E-state index is 0.229. The second-order valence-electron chi connectivity index (χ2n) is 4.24. The number of hydrogen-bond donors (Lipinski definition) is 1. The van der Waals surface area contributed by atoms with E-state index in [-0.39, 0.29) is 6.04 Å². The Kier molecular flexibility index (Phi) is 5.36. The van der Waals surface area contributed by atoms with E-state index in [1.165, 1.54) is 0 Å². The molecule has 0 saturated heterocycles. The number of nitrogens with one attached hydrogen (secondary N) is 1. The number of hydrogen-bond acceptors (Lipinski definition) is 3. The summed E-state index contributed by atoms with van der Waals surface area (Å²) in [6, 6.07) is 14.0. The third kappa shape index (κ3) is 4.65. The van der Waals surface area contributed by atoms with Gasteiger partial charge in [-0.25, -0.2) is 0 Å². The molecular weight excluding hydrogens is 304 g/mol. The van der Waals surface area contributed by atoms with Gasteiger partial charge in [0.2, 0.25) is 0 Å². The van der Waals surface area contributed by atoms with Crippen molar-refractivity contribution in [3.63, 3.8) is 0 Å². The van der Waals surface area contributed by atoms with E-state index in [0.717, 1.165) is 22.5 Å². The van der Waals surface area contributed by atoms with Crippen molar-refractivity contribution in [3.8, 4) is 5.75 Å². The summed E-state index contributed by atoms with van der Waals surface area (Å²) in [5.41, 5.74) is 1.05. The maximum Gasteiger partial charge on any atom is 0.120 e. The predicted octanol–water partition coefficient (Wildman–Crippen LogP) is 3.57. The van der Waals surface area contributed by atoms with Crippen molar-refractivity contribution in [1.29, 1.82) is 0 Å². The molecule has 100 valence electrons. The van der Waals surface area contributed by atoms with Gasteiger partial charge in [-0.15, -0.1) is 0 Å². The van der Waals surface area contributed by atoms with Crippen molar-refractivity contribution in [3.05, 3.63) is 58.8 Å². The standard InChI is InChI=1S/C15H17BrN2O/c1-12(15-7-2-3-8-18-15)17-9-10-19-14-6-4-5-13(16)11-14/h2-8,11-12,17H,9-10H2,1H3. The van der Waals surface area contributed by atoms with E-state index in [9.17, 15) is 0 Å². The number of ether oxygens (including phenoxy) is 1. The summed E-state index contributed by atoms with van der Waals surface area (Å²) < 4.78 is 6.69. The van der Waals surface area contributed by atoms with Gasteiger partial charge in [0.1, 0.15) is 12.4 Å². The van der Waals surface area contributed by atoms with Gasteiger partial charge >= 0.3 is 0 Å². The fourth-order valence-electron chi connectivity index (χ4n) is 1.74. The first-order chi connectivity index (χ1) is 9.25. The Morgan fingerprint density at radius 1 is 1.26 bits per heavy atom. The van der Waals surface area contributed by atoms with Gasteiger partial charge in [-0.3, -0.25) is 4.98 Å². The minimum Gasteiger partial charge on any atom is -0.492 e.